The van der Waals surface area contributed by atoms with Crippen molar-refractivity contribution in [2.45, 2.75) is 52.5 Å². The van der Waals surface area contributed by atoms with E-state index in [1.807, 2.05) is 19.1 Å². The molecule has 33 heavy (non-hydrogen) atoms. The molecule has 4 heterocycles. The second-order valence-electron chi connectivity index (χ2n) is 9.45. The van der Waals surface area contributed by atoms with Gasteiger partial charge in [-0.2, -0.15) is 4.98 Å². The van der Waals surface area contributed by atoms with E-state index in [0.29, 0.717) is 17.2 Å². The van der Waals surface area contributed by atoms with Crippen LogP contribution in [0.2, 0.25) is 0 Å². The fraction of sp³-hybridized carbons (Fsp3) is 0.423. The zero-order valence-electron chi connectivity index (χ0n) is 19.0. The summed E-state index contributed by atoms with van der Waals surface area (Å²) in [5.74, 6) is 2.84. The molecule has 3 aromatic heterocycles. The first-order valence-electron chi connectivity index (χ1n) is 11.8. The van der Waals surface area contributed by atoms with Gasteiger partial charge in [0.1, 0.15) is 22.0 Å². The number of hydrogen-bond acceptors (Lipinski definition) is 7. The maximum Gasteiger partial charge on any atom is 0.336 e. The smallest absolute Gasteiger partial charge is 0.336 e. The van der Waals surface area contributed by atoms with Crippen LogP contribution in [0.25, 0.3) is 21.2 Å². The van der Waals surface area contributed by atoms with Crippen LogP contribution in [0, 0.1) is 12.8 Å². The van der Waals surface area contributed by atoms with Crippen LogP contribution < -0.4 is 10.4 Å². The van der Waals surface area contributed by atoms with Crippen molar-refractivity contribution in [3.05, 3.63) is 56.5 Å². The number of nitrogens with zero attached hydrogens (tertiary/aromatic N) is 3. The van der Waals surface area contributed by atoms with Gasteiger partial charge in [-0.15, -0.1) is 11.3 Å². The van der Waals surface area contributed by atoms with E-state index in [9.17, 15) is 4.79 Å². The van der Waals surface area contributed by atoms with Crippen LogP contribution in [-0.2, 0) is 19.4 Å². The fourth-order valence-electron chi connectivity index (χ4n) is 5.05. The van der Waals surface area contributed by atoms with Crippen molar-refractivity contribution in [3.63, 3.8) is 0 Å². The van der Waals surface area contributed by atoms with Gasteiger partial charge in [0.15, 0.2) is 0 Å². The van der Waals surface area contributed by atoms with Crippen LogP contribution >= 0.6 is 11.3 Å². The van der Waals surface area contributed by atoms with Gasteiger partial charge in [-0.05, 0) is 81.3 Å². The van der Waals surface area contributed by atoms with Crippen LogP contribution in [0.3, 0.4) is 0 Å². The molecular weight excluding hydrogens is 434 g/mol. The van der Waals surface area contributed by atoms with E-state index in [2.05, 4.69) is 11.8 Å². The lowest BCUT2D eigenvalue weighted by Gasteiger charge is -2.29. The summed E-state index contributed by atoms with van der Waals surface area (Å²) >= 11 is 1.78. The average molecular weight is 462 g/mol. The second kappa shape index (κ2) is 8.22. The van der Waals surface area contributed by atoms with Gasteiger partial charge in [0.25, 0.3) is 0 Å². The number of benzene rings is 1. The lowest BCUT2D eigenvalue weighted by atomic mass is 9.99. The summed E-state index contributed by atoms with van der Waals surface area (Å²) in [6, 6.07) is 7.16. The lowest BCUT2D eigenvalue weighted by Crippen LogP contribution is -2.32. The predicted octanol–water partition coefficient (Wildman–Crippen LogP) is 5.62. The predicted molar refractivity (Wildman–Crippen MR) is 130 cm³/mol. The molecule has 1 saturated heterocycles. The van der Waals surface area contributed by atoms with Crippen molar-refractivity contribution in [1.29, 1.82) is 0 Å². The zero-order chi connectivity index (χ0) is 22.5. The summed E-state index contributed by atoms with van der Waals surface area (Å²) in [7, 11) is 0. The molecular formula is C26H27N3O3S. The summed E-state index contributed by atoms with van der Waals surface area (Å²) in [5, 5.41) is 1.96. The number of thiophene rings is 1. The molecule has 4 aromatic rings. The van der Waals surface area contributed by atoms with Gasteiger partial charge in [-0.25, -0.2) is 9.78 Å². The van der Waals surface area contributed by atoms with E-state index in [4.69, 9.17) is 19.1 Å². The topological polar surface area (TPSA) is 68.5 Å². The highest BCUT2D eigenvalue weighted by molar-refractivity contribution is 7.19. The molecule has 6 nitrogen and oxygen atoms in total. The quantitative estimate of drug-likeness (QED) is 0.368. The third-order valence-electron chi connectivity index (χ3n) is 6.96. The van der Waals surface area contributed by atoms with Gasteiger partial charge in [0.05, 0.1) is 11.9 Å². The molecule has 1 aliphatic carbocycles. The second-order valence-corrected chi connectivity index (χ2v) is 10.5. The number of rotatable bonds is 4. The molecule has 0 unspecified atom stereocenters. The Labute approximate surface area is 196 Å². The van der Waals surface area contributed by atoms with Gasteiger partial charge in [0, 0.05) is 22.4 Å². The maximum absolute atomic E-state index is 11.9. The molecule has 1 aliphatic heterocycles. The highest BCUT2D eigenvalue weighted by Gasteiger charge is 2.25. The maximum atomic E-state index is 11.9. The van der Waals surface area contributed by atoms with Gasteiger partial charge in [-0.1, -0.05) is 6.92 Å². The summed E-state index contributed by atoms with van der Waals surface area (Å²) < 4.78 is 11.8. The average Bonchev–Trinajstić information content (AvgIpc) is 3.36. The van der Waals surface area contributed by atoms with E-state index < -0.39 is 0 Å². The summed E-state index contributed by atoms with van der Waals surface area (Å²) in [6.45, 7) is 7.15. The van der Waals surface area contributed by atoms with Crippen LogP contribution in [0.5, 0.6) is 11.6 Å². The third-order valence-corrected chi connectivity index (χ3v) is 8.14. The number of likely N-dealkylation sites (tertiary alicyclic amines) is 1. The lowest BCUT2D eigenvalue weighted by molar-refractivity contribution is 0.181. The molecule has 1 fully saturated rings. The van der Waals surface area contributed by atoms with Crippen LogP contribution in [0.15, 0.2) is 33.5 Å². The van der Waals surface area contributed by atoms with Gasteiger partial charge < -0.3 is 9.15 Å². The molecule has 0 radical (unpaired) electrons. The summed E-state index contributed by atoms with van der Waals surface area (Å²) in [4.78, 5) is 26.6. The molecule has 170 valence electrons. The summed E-state index contributed by atoms with van der Waals surface area (Å²) in [5.41, 5.74) is 2.41. The first-order chi connectivity index (χ1) is 16.0. The monoisotopic (exact) mass is 461 g/mol. The summed E-state index contributed by atoms with van der Waals surface area (Å²) in [6.07, 6.45) is 5.77. The van der Waals surface area contributed by atoms with Crippen molar-refractivity contribution in [2.75, 3.05) is 13.1 Å². The van der Waals surface area contributed by atoms with Crippen LogP contribution in [-0.4, -0.2) is 28.0 Å². The van der Waals surface area contributed by atoms with Crippen molar-refractivity contribution < 1.29 is 9.15 Å². The van der Waals surface area contributed by atoms with E-state index in [1.54, 1.807) is 17.4 Å². The van der Waals surface area contributed by atoms with Crippen molar-refractivity contribution >= 4 is 32.5 Å². The van der Waals surface area contributed by atoms with Gasteiger partial charge in [-0.3, -0.25) is 4.90 Å². The number of fused-ring (bicyclic) bond motifs is 4. The Morgan fingerprint density at radius 1 is 1.18 bits per heavy atom. The van der Waals surface area contributed by atoms with E-state index in [0.717, 1.165) is 65.4 Å². The Hall–Kier alpha value is -2.77. The zero-order valence-corrected chi connectivity index (χ0v) is 19.8. The Balaban J connectivity index is 1.40. The van der Waals surface area contributed by atoms with Gasteiger partial charge >= 0.3 is 5.63 Å². The molecule has 1 aromatic carbocycles. The molecule has 0 bridgehead atoms. The van der Waals surface area contributed by atoms with Crippen molar-refractivity contribution in [2.24, 2.45) is 5.92 Å². The Bertz CT molecular complexity index is 1420. The Kier molecular flexibility index (Phi) is 5.18. The Morgan fingerprint density at radius 2 is 2.03 bits per heavy atom. The number of hydrogen-bond donors (Lipinski definition) is 0. The van der Waals surface area contributed by atoms with Crippen LogP contribution in [0.4, 0.5) is 0 Å². The van der Waals surface area contributed by atoms with Crippen molar-refractivity contribution in [1.82, 2.24) is 14.9 Å². The minimum Gasteiger partial charge on any atom is -0.438 e. The highest BCUT2D eigenvalue weighted by Crippen LogP contribution is 2.42. The standard InChI is InChI=1S/C26H27N3O3S/c1-15-8-10-29(11-9-15)14-22-27-25(24-19-4-3-5-21(19)33-26(24)28-22)31-17-6-7-18-16(2)12-23(30)32-20(18)13-17/h6-7,12-13,15H,3-5,8-11,14H2,1-2H3. The normalized spacial score (nSPS) is 17.2. The molecule has 2 aliphatic rings. The number of ether oxygens (including phenoxy) is 1. The molecule has 0 spiro atoms. The molecule has 0 amide bonds. The highest BCUT2D eigenvalue weighted by atomic mass is 32.1. The minimum atomic E-state index is -0.352. The SMILES string of the molecule is Cc1cc(=O)oc2cc(Oc3nc(CN4CCC(C)CC4)nc4sc5c(c34)CCC5)ccc12. The minimum absolute atomic E-state index is 0.352. The number of aryl methyl sites for hydroxylation is 3. The van der Waals surface area contributed by atoms with Crippen LogP contribution in [0.1, 0.15) is 48.0 Å². The van der Waals surface area contributed by atoms with Crippen molar-refractivity contribution in [3.8, 4) is 11.6 Å². The molecule has 0 N–H and O–H groups in total. The Morgan fingerprint density at radius 3 is 2.88 bits per heavy atom. The fourth-order valence-corrected chi connectivity index (χ4v) is 6.32. The first kappa shape index (κ1) is 20.8. The van der Waals surface area contributed by atoms with E-state index >= 15 is 0 Å². The molecule has 7 heteroatoms. The van der Waals surface area contributed by atoms with E-state index in [1.165, 1.54) is 35.8 Å². The largest absolute Gasteiger partial charge is 0.438 e. The third kappa shape index (κ3) is 3.93. The van der Waals surface area contributed by atoms with Gasteiger partial charge in [0.2, 0.25) is 5.88 Å². The first-order valence-corrected chi connectivity index (χ1v) is 12.6. The number of piperidine rings is 1. The molecule has 6 rings (SSSR count). The van der Waals surface area contributed by atoms with E-state index in [-0.39, 0.29) is 5.63 Å². The molecule has 0 atom stereocenters. The molecule has 0 saturated carbocycles. The number of aromatic nitrogens is 2.